The summed E-state index contributed by atoms with van der Waals surface area (Å²) >= 11 is 6.15. The number of nitrogens with one attached hydrogen (secondary N) is 2. The van der Waals surface area contributed by atoms with Crippen molar-refractivity contribution in [3.05, 3.63) is 93.8 Å². The minimum Gasteiger partial charge on any atom is -0.322 e. The van der Waals surface area contributed by atoms with Gasteiger partial charge in [-0.05, 0) is 98.3 Å². The first-order valence-corrected chi connectivity index (χ1v) is 13.1. The molecule has 3 aromatic rings. The lowest BCUT2D eigenvalue weighted by Crippen LogP contribution is -2.32. The predicted molar refractivity (Wildman–Crippen MR) is 148 cm³/mol. The fourth-order valence-electron chi connectivity index (χ4n) is 4.90. The molecular formula is C30H33ClFN3O2. The molecule has 0 aliphatic carbocycles. The molecule has 0 bridgehead atoms. The third-order valence-electron chi connectivity index (χ3n) is 6.78. The van der Waals surface area contributed by atoms with Gasteiger partial charge in [0.15, 0.2) is 0 Å². The second-order valence-corrected chi connectivity index (χ2v) is 10.3. The third-order valence-corrected chi connectivity index (χ3v) is 7.11. The maximum Gasteiger partial charge on any atom is 0.258 e. The van der Waals surface area contributed by atoms with Crippen molar-refractivity contribution >= 4 is 34.8 Å². The molecule has 0 fully saturated rings. The molecule has 0 saturated carbocycles. The van der Waals surface area contributed by atoms with Gasteiger partial charge in [-0.1, -0.05) is 37.6 Å². The molecule has 3 aromatic carbocycles. The third kappa shape index (κ3) is 6.38. The van der Waals surface area contributed by atoms with E-state index in [9.17, 15) is 14.0 Å². The number of amides is 2. The summed E-state index contributed by atoms with van der Waals surface area (Å²) in [7, 11) is 0. The summed E-state index contributed by atoms with van der Waals surface area (Å²) in [6, 6.07) is 17.2. The van der Waals surface area contributed by atoms with Gasteiger partial charge in [0, 0.05) is 29.5 Å². The number of fused-ring (bicyclic) bond motifs is 1. The summed E-state index contributed by atoms with van der Waals surface area (Å²) in [6.45, 7) is 7.47. The molecule has 0 radical (unpaired) electrons. The van der Waals surface area contributed by atoms with Crippen LogP contribution in [0.25, 0.3) is 0 Å². The van der Waals surface area contributed by atoms with Gasteiger partial charge in [0.05, 0.1) is 10.6 Å². The van der Waals surface area contributed by atoms with Gasteiger partial charge in [-0.25, -0.2) is 4.39 Å². The average Bonchev–Trinajstić information content (AvgIpc) is 3.03. The maximum atomic E-state index is 14.3. The highest BCUT2D eigenvalue weighted by atomic mass is 35.5. The summed E-state index contributed by atoms with van der Waals surface area (Å²) in [5, 5.41) is 6.67. The molecule has 4 rings (SSSR count). The number of anilines is 2. The Hall–Kier alpha value is -3.22. The molecule has 0 aromatic heterocycles. The molecule has 0 spiro atoms. The Morgan fingerprint density at radius 1 is 1.08 bits per heavy atom. The van der Waals surface area contributed by atoms with Crippen molar-refractivity contribution in [1.82, 2.24) is 5.32 Å². The van der Waals surface area contributed by atoms with Gasteiger partial charge in [-0.3, -0.25) is 9.59 Å². The highest BCUT2D eigenvalue weighted by Gasteiger charge is 2.28. The summed E-state index contributed by atoms with van der Waals surface area (Å²) in [6.07, 6.45) is 2.61. The number of carbonyl (C=O) groups excluding carboxylic acids is 2. The van der Waals surface area contributed by atoms with Crippen molar-refractivity contribution in [1.29, 1.82) is 0 Å². The minimum absolute atomic E-state index is 0.129. The highest BCUT2D eigenvalue weighted by molar-refractivity contribution is 6.34. The Labute approximate surface area is 223 Å². The van der Waals surface area contributed by atoms with E-state index in [1.54, 1.807) is 59.5 Å². The Morgan fingerprint density at radius 2 is 1.86 bits per heavy atom. The van der Waals surface area contributed by atoms with E-state index in [0.717, 1.165) is 42.6 Å². The SMILES string of the molecule is Cc1cc(NC(=O)c2ccccc2Cl)ccc1C(=O)N1CCCC(CCNC(C)C)c2cc(F)ccc21. The molecule has 194 valence electrons. The lowest BCUT2D eigenvalue weighted by molar-refractivity contribution is 0.0985. The standard InChI is InChI=1S/C30H33ClFN3O2/c1-19(2)33-15-14-21-7-6-16-35(28-13-10-22(32)18-26(21)28)30(37)24-12-11-23(17-20(24)3)34-29(36)25-8-4-5-9-27(25)31/h4-5,8-13,17-19,21,33H,6-7,14-16H2,1-3H3,(H,34,36). The molecule has 1 atom stereocenters. The van der Waals surface area contributed by atoms with Crippen LogP contribution in [0.1, 0.15) is 70.9 Å². The largest absolute Gasteiger partial charge is 0.322 e. The molecule has 5 nitrogen and oxygen atoms in total. The van der Waals surface area contributed by atoms with Crippen LogP contribution in [0, 0.1) is 12.7 Å². The molecule has 37 heavy (non-hydrogen) atoms. The number of carbonyl (C=O) groups is 2. The van der Waals surface area contributed by atoms with Crippen molar-refractivity contribution in [2.45, 2.75) is 52.0 Å². The zero-order valence-corrected chi connectivity index (χ0v) is 22.2. The van der Waals surface area contributed by atoms with E-state index in [2.05, 4.69) is 24.5 Å². The second kappa shape index (κ2) is 11.9. The van der Waals surface area contributed by atoms with Crippen LogP contribution in [0.3, 0.4) is 0 Å². The van der Waals surface area contributed by atoms with Crippen LogP contribution >= 0.6 is 11.6 Å². The van der Waals surface area contributed by atoms with Crippen molar-refractivity contribution in [2.24, 2.45) is 0 Å². The van der Waals surface area contributed by atoms with Gasteiger partial charge in [0.2, 0.25) is 0 Å². The van der Waals surface area contributed by atoms with Crippen molar-refractivity contribution in [3.63, 3.8) is 0 Å². The first kappa shape index (κ1) is 26.8. The maximum absolute atomic E-state index is 14.3. The molecule has 7 heteroatoms. The Balaban J connectivity index is 1.56. The smallest absolute Gasteiger partial charge is 0.258 e. The summed E-state index contributed by atoms with van der Waals surface area (Å²) in [4.78, 5) is 28.2. The number of nitrogens with zero attached hydrogens (tertiary/aromatic N) is 1. The van der Waals surface area contributed by atoms with E-state index in [1.165, 1.54) is 6.07 Å². The molecule has 1 heterocycles. The van der Waals surface area contributed by atoms with Gasteiger partial charge < -0.3 is 15.5 Å². The average molecular weight is 522 g/mol. The van der Waals surface area contributed by atoms with E-state index in [1.807, 2.05) is 6.92 Å². The quantitative estimate of drug-likeness (QED) is 0.353. The Kier molecular flexibility index (Phi) is 8.62. The summed E-state index contributed by atoms with van der Waals surface area (Å²) in [5.41, 5.74) is 3.91. The van der Waals surface area contributed by atoms with Crippen molar-refractivity contribution in [3.8, 4) is 0 Å². The van der Waals surface area contributed by atoms with Crippen LogP contribution < -0.4 is 15.5 Å². The van der Waals surface area contributed by atoms with Crippen LogP contribution in [0.5, 0.6) is 0 Å². The lowest BCUT2D eigenvalue weighted by Gasteiger charge is -2.25. The first-order valence-electron chi connectivity index (χ1n) is 12.8. The number of aryl methyl sites for hydroxylation is 1. The van der Waals surface area contributed by atoms with Crippen LogP contribution in [0.2, 0.25) is 5.02 Å². The van der Waals surface area contributed by atoms with Gasteiger partial charge >= 0.3 is 0 Å². The molecule has 1 aliphatic heterocycles. The molecule has 1 aliphatic rings. The number of hydrogen-bond donors (Lipinski definition) is 2. The second-order valence-electron chi connectivity index (χ2n) is 9.86. The summed E-state index contributed by atoms with van der Waals surface area (Å²) in [5.74, 6) is -0.552. The Morgan fingerprint density at radius 3 is 2.59 bits per heavy atom. The van der Waals surface area contributed by atoms with E-state index in [0.29, 0.717) is 34.4 Å². The van der Waals surface area contributed by atoms with Gasteiger partial charge in [0.1, 0.15) is 5.82 Å². The fourth-order valence-corrected chi connectivity index (χ4v) is 5.12. The number of hydrogen-bond acceptors (Lipinski definition) is 3. The Bertz CT molecular complexity index is 1290. The van der Waals surface area contributed by atoms with Crippen LogP contribution in [0.15, 0.2) is 60.7 Å². The van der Waals surface area contributed by atoms with Crippen LogP contribution in [-0.2, 0) is 0 Å². The normalized spacial score (nSPS) is 15.3. The van der Waals surface area contributed by atoms with E-state index < -0.39 is 0 Å². The summed E-state index contributed by atoms with van der Waals surface area (Å²) < 4.78 is 14.3. The molecule has 0 saturated heterocycles. The first-order chi connectivity index (χ1) is 17.7. The van der Waals surface area contributed by atoms with Crippen LogP contribution in [0.4, 0.5) is 15.8 Å². The molecular weight excluding hydrogens is 489 g/mol. The van der Waals surface area contributed by atoms with E-state index >= 15 is 0 Å². The number of rotatable bonds is 7. The zero-order valence-electron chi connectivity index (χ0n) is 21.5. The molecule has 2 amide bonds. The number of benzene rings is 3. The van der Waals surface area contributed by atoms with Gasteiger partial charge in [0.25, 0.3) is 11.8 Å². The zero-order chi connectivity index (χ0) is 26.5. The monoisotopic (exact) mass is 521 g/mol. The van der Waals surface area contributed by atoms with Crippen molar-refractivity contribution in [2.75, 3.05) is 23.3 Å². The highest BCUT2D eigenvalue weighted by Crippen LogP contribution is 2.37. The van der Waals surface area contributed by atoms with E-state index in [-0.39, 0.29) is 23.5 Å². The topological polar surface area (TPSA) is 61.4 Å². The number of halogens is 2. The molecule has 1 unspecified atom stereocenters. The molecule has 2 N–H and O–H groups in total. The minimum atomic E-state index is -0.314. The lowest BCUT2D eigenvalue weighted by atomic mass is 9.91. The van der Waals surface area contributed by atoms with Gasteiger partial charge in [-0.15, -0.1) is 0 Å². The fraction of sp³-hybridized carbons (Fsp3) is 0.333. The van der Waals surface area contributed by atoms with Crippen LogP contribution in [-0.4, -0.2) is 30.9 Å². The van der Waals surface area contributed by atoms with Crippen molar-refractivity contribution < 1.29 is 14.0 Å². The van der Waals surface area contributed by atoms with Gasteiger partial charge in [-0.2, -0.15) is 0 Å². The van der Waals surface area contributed by atoms with E-state index in [4.69, 9.17) is 11.6 Å². The predicted octanol–water partition coefficient (Wildman–Crippen LogP) is 6.95.